The second-order valence-electron chi connectivity index (χ2n) is 18.2. The fourth-order valence-corrected chi connectivity index (χ4v) is 6.63. The number of hydrogen-bond acceptors (Lipinski definition) is 8. The number of ether oxygens (including phenoxy) is 4. The van der Waals surface area contributed by atoms with Crippen LogP contribution in [0.1, 0.15) is 139 Å². The second kappa shape index (κ2) is 14.6. The van der Waals surface area contributed by atoms with Crippen LogP contribution in [0.3, 0.4) is 0 Å². The van der Waals surface area contributed by atoms with Crippen molar-refractivity contribution in [2.75, 3.05) is 14.2 Å². The van der Waals surface area contributed by atoms with E-state index in [0.29, 0.717) is 34.1 Å². The first kappa shape index (κ1) is 41.1. The van der Waals surface area contributed by atoms with Crippen LogP contribution in [0.25, 0.3) is 0 Å². The molecule has 0 saturated heterocycles. The Balaban J connectivity index is 1.83. The van der Waals surface area contributed by atoms with Gasteiger partial charge in [-0.3, -0.25) is 19.3 Å². The Kier molecular flexibility index (Phi) is 11.4. The molecule has 0 saturated carbocycles. The molecule has 0 N–H and O–H groups in total. The Bertz CT molecular complexity index is 1810. The molecule has 2 atom stereocenters. The summed E-state index contributed by atoms with van der Waals surface area (Å²) in [7, 11) is 3.18. The molecule has 53 heavy (non-hydrogen) atoms. The van der Waals surface area contributed by atoms with Crippen molar-refractivity contribution in [3.8, 4) is 23.0 Å². The van der Waals surface area contributed by atoms with E-state index in [1.54, 1.807) is 45.4 Å². The molecule has 1 aliphatic rings. The summed E-state index contributed by atoms with van der Waals surface area (Å²) in [5.41, 5.74) is 1.54. The number of imide groups is 1. The van der Waals surface area contributed by atoms with Gasteiger partial charge in [0.15, 0.2) is 0 Å². The predicted octanol–water partition coefficient (Wildman–Crippen LogP) is 9.10. The normalized spacial score (nSPS) is 14.8. The van der Waals surface area contributed by atoms with Gasteiger partial charge in [0, 0.05) is 22.3 Å². The van der Waals surface area contributed by atoms with Crippen LogP contribution in [0.15, 0.2) is 48.5 Å². The summed E-state index contributed by atoms with van der Waals surface area (Å²) in [6.45, 7) is 25.8. The highest BCUT2D eigenvalue weighted by Crippen LogP contribution is 2.45. The number of carbonyl (C=O) groups is 4. The van der Waals surface area contributed by atoms with Crippen molar-refractivity contribution in [1.82, 2.24) is 4.90 Å². The number of rotatable bonds is 9. The van der Waals surface area contributed by atoms with E-state index in [0.717, 1.165) is 16.0 Å². The number of esters is 2. The van der Waals surface area contributed by atoms with Gasteiger partial charge in [-0.25, -0.2) is 4.79 Å². The minimum Gasteiger partial charge on any atom is -0.497 e. The molecule has 1 aliphatic heterocycles. The SMILES string of the molecule is COc1cc(C(C)(C)C)c(OC(=O)CC(C)C(C(=O)Oc2c(C(C)(C)C)cc(OC)cc2C(C)(C)C)N2C(=O)c3ccccc3C2=O)c(C(C)(C)C)c1. The molecule has 2 amide bonds. The van der Waals surface area contributed by atoms with E-state index in [1.807, 2.05) is 107 Å². The molecule has 1 heterocycles. The molecule has 4 rings (SSSR count). The van der Waals surface area contributed by atoms with Gasteiger partial charge in [-0.1, -0.05) is 102 Å². The largest absolute Gasteiger partial charge is 0.497 e. The number of nitrogens with zero attached hydrogens (tertiary/aromatic N) is 1. The Morgan fingerprint density at radius 1 is 0.604 bits per heavy atom. The van der Waals surface area contributed by atoms with Crippen LogP contribution in [0.2, 0.25) is 0 Å². The van der Waals surface area contributed by atoms with E-state index < -0.39 is 57.4 Å². The highest BCUT2D eigenvalue weighted by Gasteiger charge is 2.47. The Hall–Kier alpha value is -4.66. The quantitative estimate of drug-likeness (QED) is 0.122. The zero-order chi connectivity index (χ0) is 40.0. The van der Waals surface area contributed by atoms with Crippen molar-refractivity contribution in [3.05, 3.63) is 81.9 Å². The zero-order valence-corrected chi connectivity index (χ0v) is 34.2. The molecule has 286 valence electrons. The first-order valence-electron chi connectivity index (χ1n) is 18.2. The van der Waals surface area contributed by atoms with E-state index in [2.05, 4.69) is 0 Å². The van der Waals surface area contributed by atoms with Crippen LogP contribution in [0, 0.1) is 5.92 Å². The fourth-order valence-electron chi connectivity index (χ4n) is 6.63. The van der Waals surface area contributed by atoms with Crippen molar-refractivity contribution in [1.29, 1.82) is 0 Å². The standard InChI is InChI=1S/C44H57NO8/c1-25(20-34(46)52-36-30(41(2,3)4)21-26(50-14)22-31(36)42(5,6)7)35(45-38(47)28-18-16-17-19-29(28)39(45)48)40(49)53-37-32(43(8,9)10)23-27(51-15)24-33(37)44(11,12)13/h16-19,21-25,35H,20H2,1-15H3. The number of hydrogen-bond donors (Lipinski definition) is 0. The van der Waals surface area contributed by atoms with E-state index in [9.17, 15) is 19.2 Å². The number of methoxy groups -OCH3 is 2. The molecule has 0 radical (unpaired) electrons. The van der Waals surface area contributed by atoms with Gasteiger partial charge in [0.25, 0.3) is 11.8 Å². The smallest absolute Gasteiger partial charge is 0.335 e. The number of fused-ring (bicyclic) bond motifs is 1. The maximum atomic E-state index is 14.7. The van der Waals surface area contributed by atoms with Crippen LogP contribution in [0.5, 0.6) is 23.0 Å². The molecule has 9 heteroatoms. The van der Waals surface area contributed by atoms with Gasteiger partial charge < -0.3 is 18.9 Å². The zero-order valence-electron chi connectivity index (χ0n) is 34.2. The van der Waals surface area contributed by atoms with E-state index in [4.69, 9.17) is 18.9 Å². The predicted molar refractivity (Wildman–Crippen MR) is 207 cm³/mol. The summed E-state index contributed by atoms with van der Waals surface area (Å²) in [5, 5.41) is 0. The molecule has 0 aliphatic carbocycles. The topological polar surface area (TPSA) is 108 Å². The average Bonchev–Trinajstić information content (AvgIpc) is 3.28. The van der Waals surface area contributed by atoms with E-state index in [-0.39, 0.29) is 17.5 Å². The first-order chi connectivity index (χ1) is 24.3. The number of amides is 2. The summed E-state index contributed by atoms with van der Waals surface area (Å²) in [6.07, 6.45) is -0.298. The van der Waals surface area contributed by atoms with Gasteiger partial charge in [0.05, 0.1) is 31.8 Å². The van der Waals surface area contributed by atoms with Crippen molar-refractivity contribution in [2.45, 2.75) is 124 Å². The minimum atomic E-state index is -1.46. The summed E-state index contributed by atoms with van der Waals surface area (Å²) < 4.78 is 23.9. The van der Waals surface area contributed by atoms with Crippen LogP contribution in [-0.4, -0.2) is 48.9 Å². The van der Waals surface area contributed by atoms with E-state index >= 15 is 0 Å². The number of carbonyl (C=O) groups excluding carboxylic acids is 4. The monoisotopic (exact) mass is 727 g/mol. The molecule has 0 bridgehead atoms. The molecule has 3 aromatic rings. The lowest BCUT2D eigenvalue weighted by atomic mass is 9.79. The van der Waals surface area contributed by atoms with Crippen LogP contribution >= 0.6 is 0 Å². The molecule has 0 spiro atoms. The third-order valence-electron chi connectivity index (χ3n) is 9.62. The van der Waals surface area contributed by atoms with Gasteiger partial charge in [-0.2, -0.15) is 0 Å². The van der Waals surface area contributed by atoms with Gasteiger partial charge in [0.1, 0.15) is 29.0 Å². The average molecular weight is 728 g/mol. The maximum Gasteiger partial charge on any atom is 0.335 e. The molecule has 0 aromatic heterocycles. The lowest BCUT2D eigenvalue weighted by Gasteiger charge is -2.33. The van der Waals surface area contributed by atoms with E-state index in [1.165, 1.54) is 0 Å². The first-order valence-corrected chi connectivity index (χ1v) is 18.2. The van der Waals surface area contributed by atoms with Crippen LogP contribution in [-0.2, 0) is 31.2 Å². The minimum absolute atomic E-state index is 0.183. The summed E-state index contributed by atoms with van der Waals surface area (Å²) in [4.78, 5) is 57.6. The summed E-state index contributed by atoms with van der Waals surface area (Å²) in [6, 6.07) is 12.4. The van der Waals surface area contributed by atoms with Gasteiger partial charge in [-0.05, 0) is 64.0 Å². The molecular formula is C44H57NO8. The molecule has 2 unspecified atom stereocenters. The highest BCUT2D eigenvalue weighted by molar-refractivity contribution is 6.22. The Labute approximate surface area is 315 Å². The Morgan fingerprint density at radius 2 is 0.943 bits per heavy atom. The lowest BCUT2D eigenvalue weighted by molar-refractivity contribution is -0.142. The second-order valence-corrected chi connectivity index (χ2v) is 18.2. The number of benzene rings is 3. The van der Waals surface area contributed by atoms with Gasteiger partial charge in [-0.15, -0.1) is 0 Å². The lowest BCUT2D eigenvalue weighted by Crippen LogP contribution is -2.51. The highest BCUT2D eigenvalue weighted by atomic mass is 16.5. The summed E-state index contributed by atoms with van der Waals surface area (Å²) in [5.74, 6) is -1.62. The van der Waals surface area contributed by atoms with Crippen molar-refractivity contribution >= 4 is 23.8 Å². The van der Waals surface area contributed by atoms with Crippen molar-refractivity contribution in [3.63, 3.8) is 0 Å². The molecular weight excluding hydrogens is 670 g/mol. The molecule has 0 fully saturated rings. The van der Waals surface area contributed by atoms with Crippen LogP contribution < -0.4 is 18.9 Å². The summed E-state index contributed by atoms with van der Waals surface area (Å²) >= 11 is 0. The fraction of sp³-hybridized carbons (Fsp3) is 0.500. The van der Waals surface area contributed by atoms with Gasteiger partial charge in [0.2, 0.25) is 0 Å². The van der Waals surface area contributed by atoms with Crippen LogP contribution in [0.4, 0.5) is 0 Å². The maximum absolute atomic E-state index is 14.7. The molecule has 3 aromatic carbocycles. The van der Waals surface area contributed by atoms with Gasteiger partial charge >= 0.3 is 11.9 Å². The Morgan fingerprint density at radius 3 is 1.26 bits per heavy atom. The molecule has 9 nitrogen and oxygen atoms in total. The van der Waals surface area contributed by atoms with Crippen molar-refractivity contribution in [2.24, 2.45) is 5.92 Å². The van der Waals surface area contributed by atoms with Crippen molar-refractivity contribution < 1.29 is 38.1 Å². The third kappa shape index (κ3) is 8.61. The third-order valence-corrected chi connectivity index (χ3v) is 9.62.